The van der Waals surface area contributed by atoms with Gasteiger partial charge >= 0.3 is 0 Å². The number of rotatable bonds is 5. The molecule has 2 rings (SSSR count). The minimum atomic E-state index is -0.481. The predicted octanol–water partition coefficient (Wildman–Crippen LogP) is 4.98. The largest absolute Gasteiger partial charge is 0.301 e. The molecule has 0 fully saturated rings. The number of unbranched alkanes of at least 4 members (excludes halogenated alkanes) is 1. The van der Waals surface area contributed by atoms with Crippen molar-refractivity contribution in [3.63, 3.8) is 0 Å². The number of benzene rings is 1. The van der Waals surface area contributed by atoms with Gasteiger partial charge in [-0.25, -0.2) is 9.37 Å². The Morgan fingerprint density at radius 1 is 1.60 bits per heavy atom. The van der Waals surface area contributed by atoms with Crippen LogP contribution >= 0.6 is 38.9 Å². The molecule has 1 heterocycles. The molecular formula is C13H13BrClFN2OS. The zero-order valence-corrected chi connectivity index (χ0v) is 13.9. The van der Waals surface area contributed by atoms with Crippen LogP contribution in [0.2, 0.25) is 5.02 Å². The van der Waals surface area contributed by atoms with E-state index in [-0.39, 0.29) is 16.3 Å². The number of halogens is 3. The lowest BCUT2D eigenvalue weighted by Gasteiger charge is -2.07. The van der Waals surface area contributed by atoms with E-state index in [2.05, 4.69) is 33.2 Å². The smallest absolute Gasteiger partial charge is 0.239 e. The highest BCUT2D eigenvalue weighted by atomic mass is 79.9. The number of amides is 1. The van der Waals surface area contributed by atoms with Gasteiger partial charge in [0.05, 0.1) is 9.53 Å². The molecule has 20 heavy (non-hydrogen) atoms. The summed E-state index contributed by atoms with van der Waals surface area (Å²) >= 11 is 10.3. The Hall–Kier alpha value is -0.720. The molecule has 1 aromatic heterocycles. The van der Waals surface area contributed by atoms with E-state index in [1.54, 1.807) is 6.07 Å². The summed E-state index contributed by atoms with van der Waals surface area (Å²) in [5.74, 6) is -0.644. The molecule has 2 aromatic rings. The van der Waals surface area contributed by atoms with Crippen LogP contribution in [0.15, 0.2) is 12.1 Å². The lowest BCUT2D eigenvalue weighted by Crippen LogP contribution is -2.22. The first-order chi connectivity index (χ1) is 9.51. The quantitative estimate of drug-likeness (QED) is 0.744. The van der Waals surface area contributed by atoms with Crippen molar-refractivity contribution < 1.29 is 9.18 Å². The number of nitrogens with zero attached hydrogens (tertiary/aromatic N) is 1. The Labute approximate surface area is 133 Å². The van der Waals surface area contributed by atoms with E-state index in [9.17, 15) is 9.18 Å². The van der Waals surface area contributed by atoms with Crippen molar-refractivity contribution in [3.8, 4) is 0 Å². The van der Waals surface area contributed by atoms with Gasteiger partial charge in [0.2, 0.25) is 5.91 Å². The van der Waals surface area contributed by atoms with Gasteiger partial charge in [-0.3, -0.25) is 4.79 Å². The molecule has 0 bridgehead atoms. The van der Waals surface area contributed by atoms with E-state index < -0.39 is 5.82 Å². The summed E-state index contributed by atoms with van der Waals surface area (Å²) in [5, 5.41) is 3.40. The molecule has 0 aliphatic carbocycles. The van der Waals surface area contributed by atoms with Crippen LogP contribution in [-0.4, -0.2) is 15.7 Å². The zero-order chi connectivity index (χ0) is 14.7. The molecule has 0 unspecified atom stereocenters. The summed E-state index contributed by atoms with van der Waals surface area (Å²) in [7, 11) is 0. The van der Waals surface area contributed by atoms with Crippen LogP contribution in [0.3, 0.4) is 0 Å². The molecule has 7 heteroatoms. The van der Waals surface area contributed by atoms with E-state index in [0.29, 0.717) is 14.9 Å². The number of aromatic nitrogens is 1. The fourth-order valence-electron chi connectivity index (χ4n) is 1.71. The Morgan fingerprint density at radius 2 is 2.35 bits per heavy atom. The lowest BCUT2D eigenvalue weighted by molar-refractivity contribution is -0.115. The molecule has 0 saturated carbocycles. The number of hydrogen-bond donors (Lipinski definition) is 1. The summed E-state index contributed by atoms with van der Waals surface area (Å²) in [6.07, 6.45) is 2.75. The van der Waals surface area contributed by atoms with Crippen LogP contribution in [0.1, 0.15) is 26.2 Å². The van der Waals surface area contributed by atoms with Crippen molar-refractivity contribution in [3.05, 3.63) is 23.0 Å². The van der Waals surface area contributed by atoms with Gasteiger partial charge in [-0.05, 0) is 18.6 Å². The fraction of sp³-hybridized carbons (Fsp3) is 0.385. The van der Waals surface area contributed by atoms with Crippen LogP contribution < -0.4 is 5.32 Å². The Kier molecular flexibility index (Phi) is 5.35. The minimum absolute atomic E-state index is 0.163. The van der Waals surface area contributed by atoms with Crippen LogP contribution in [0.25, 0.3) is 10.2 Å². The fourth-order valence-corrected chi connectivity index (χ4v) is 3.34. The molecular weight excluding hydrogens is 367 g/mol. The lowest BCUT2D eigenvalue weighted by atomic mass is 10.2. The van der Waals surface area contributed by atoms with E-state index in [1.165, 1.54) is 17.4 Å². The van der Waals surface area contributed by atoms with Crippen molar-refractivity contribution in [1.29, 1.82) is 0 Å². The maximum Gasteiger partial charge on any atom is 0.239 e. The first-order valence-electron chi connectivity index (χ1n) is 6.21. The topological polar surface area (TPSA) is 42.0 Å². The number of carbonyl (C=O) groups excluding carboxylic acids is 1. The van der Waals surface area contributed by atoms with E-state index in [0.717, 1.165) is 19.3 Å². The van der Waals surface area contributed by atoms with Gasteiger partial charge in [0, 0.05) is 5.02 Å². The molecule has 1 aromatic carbocycles. The van der Waals surface area contributed by atoms with Crippen LogP contribution in [0.5, 0.6) is 0 Å². The van der Waals surface area contributed by atoms with Crippen LogP contribution in [0.4, 0.5) is 9.52 Å². The van der Waals surface area contributed by atoms with Crippen molar-refractivity contribution in [1.82, 2.24) is 4.98 Å². The molecule has 108 valence electrons. The second-order valence-electron chi connectivity index (χ2n) is 4.35. The minimum Gasteiger partial charge on any atom is -0.301 e. The first kappa shape index (κ1) is 15.7. The van der Waals surface area contributed by atoms with Crippen LogP contribution in [0, 0.1) is 5.82 Å². The zero-order valence-electron chi connectivity index (χ0n) is 10.8. The third-order valence-corrected chi connectivity index (χ3v) is 4.75. The standard InChI is InChI=1S/C13H13BrClFN2OS/c1-2-3-4-8(14)12(19)18-13-17-11-9(16)5-7(15)6-10(11)20-13/h5-6,8H,2-4H2,1H3,(H,17,18,19)/t8-/m1/s1. The molecule has 0 aliphatic heterocycles. The molecule has 1 N–H and O–H groups in total. The average molecular weight is 380 g/mol. The molecule has 0 spiro atoms. The molecule has 0 radical (unpaired) electrons. The third kappa shape index (κ3) is 3.68. The highest BCUT2D eigenvalue weighted by molar-refractivity contribution is 9.10. The molecule has 0 aliphatic rings. The van der Waals surface area contributed by atoms with Crippen molar-refractivity contribution in [2.45, 2.75) is 31.0 Å². The third-order valence-electron chi connectivity index (χ3n) is 2.74. The number of fused-ring (bicyclic) bond motifs is 1. The van der Waals surface area contributed by atoms with E-state index in [4.69, 9.17) is 11.6 Å². The van der Waals surface area contributed by atoms with Gasteiger partial charge in [0.25, 0.3) is 0 Å². The van der Waals surface area contributed by atoms with Gasteiger partial charge in [0.15, 0.2) is 10.9 Å². The number of carbonyl (C=O) groups is 1. The predicted molar refractivity (Wildman–Crippen MR) is 85.5 cm³/mol. The van der Waals surface area contributed by atoms with Crippen LogP contribution in [-0.2, 0) is 4.79 Å². The molecule has 1 amide bonds. The summed E-state index contributed by atoms with van der Waals surface area (Å²) in [6.45, 7) is 2.07. The Morgan fingerprint density at radius 3 is 3.05 bits per heavy atom. The summed E-state index contributed by atoms with van der Waals surface area (Å²) < 4.78 is 14.3. The first-order valence-corrected chi connectivity index (χ1v) is 8.32. The van der Waals surface area contributed by atoms with Gasteiger partial charge in [-0.1, -0.05) is 58.6 Å². The SMILES string of the molecule is CCCC[C@@H](Br)C(=O)Nc1nc2c(F)cc(Cl)cc2s1. The summed E-state index contributed by atoms with van der Waals surface area (Å²) in [4.78, 5) is 15.8. The number of anilines is 1. The van der Waals surface area contributed by atoms with E-state index in [1.807, 2.05) is 0 Å². The Balaban J connectivity index is 2.14. The highest BCUT2D eigenvalue weighted by Gasteiger charge is 2.17. The van der Waals surface area contributed by atoms with Gasteiger partial charge in [-0.15, -0.1) is 0 Å². The second kappa shape index (κ2) is 6.83. The Bertz CT molecular complexity index is 634. The number of thiazole rings is 1. The van der Waals surface area contributed by atoms with Gasteiger partial charge < -0.3 is 5.32 Å². The highest BCUT2D eigenvalue weighted by Crippen LogP contribution is 2.30. The summed E-state index contributed by atoms with van der Waals surface area (Å²) in [5.41, 5.74) is 0.231. The second-order valence-corrected chi connectivity index (χ2v) is 6.92. The molecule has 0 saturated heterocycles. The molecule has 3 nitrogen and oxygen atoms in total. The van der Waals surface area contributed by atoms with Crippen molar-refractivity contribution >= 4 is 60.1 Å². The monoisotopic (exact) mass is 378 g/mol. The number of alkyl halides is 1. The van der Waals surface area contributed by atoms with Gasteiger partial charge in [-0.2, -0.15) is 0 Å². The maximum atomic E-state index is 13.7. The number of nitrogens with one attached hydrogen (secondary N) is 1. The molecule has 1 atom stereocenters. The normalized spacial score (nSPS) is 12.6. The maximum absolute atomic E-state index is 13.7. The average Bonchev–Trinajstić information content (AvgIpc) is 2.78. The summed E-state index contributed by atoms with van der Waals surface area (Å²) in [6, 6.07) is 2.85. The number of hydrogen-bond acceptors (Lipinski definition) is 3. The van der Waals surface area contributed by atoms with Crippen molar-refractivity contribution in [2.24, 2.45) is 0 Å². The van der Waals surface area contributed by atoms with Gasteiger partial charge in [0.1, 0.15) is 5.52 Å². The van der Waals surface area contributed by atoms with Crippen molar-refractivity contribution in [2.75, 3.05) is 5.32 Å². The van der Waals surface area contributed by atoms with E-state index >= 15 is 0 Å².